The Morgan fingerprint density at radius 3 is 2.15 bits per heavy atom. The van der Waals surface area contributed by atoms with Gasteiger partial charge in [0, 0.05) is 6.42 Å². The van der Waals surface area contributed by atoms with E-state index in [-0.39, 0.29) is 12.8 Å². The maximum Gasteiger partial charge on any atom is 0.303 e. The Morgan fingerprint density at radius 1 is 0.852 bits per heavy atom. The van der Waals surface area contributed by atoms with Gasteiger partial charge in [0.05, 0.1) is 6.10 Å². The average Bonchev–Trinajstić information content (AvgIpc) is 2.63. The summed E-state index contributed by atoms with van der Waals surface area (Å²) in [7, 11) is 0. The van der Waals surface area contributed by atoms with Gasteiger partial charge in [0.15, 0.2) is 5.78 Å². The minimum atomic E-state index is -1.13. The first-order valence-corrected chi connectivity index (χ1v) is 9.07. The van der Waals surface area contributed by atoms with Crippen LogP contribution in [0.5, 0.6) is 0 Å². The van der Waals surface area contributed by atoms with Crippen LogP contribution < -0.4 is 0 Å². The predicted octanol–water partition coefficient (Wildman–Crippen LogP) is 3.67. The summed E-state index contributed by atoms with van der Waals surface area (Å²) in [5.74, 6) is -1.29. The van der Waals surface area contributed by atoms with Crippen LogP contribution in [-0.2, 0) is 9.59 Å². The van der Waals surface area contributed by atoms with Crippen molar-refractivity contribution in [1.29, 1.82) is 0 Å². The monoisotopic (exact) mass is 374 g/mol. The first-order chi connectivity index (χ1) is 13.0. The van der Waals surface area contributed by atoms with E-state index < -0.39 is 24.0 Å². The van der Waals surface area contributed by atoms with Crippen LogP contribution in [0.3, 0.4) is 0 Å². The molecule has 0 spiro atoms. The maximum atomic E-state index is 11.7. The minimum Gasteiger partial charge on any atom is -0.481 e. The Morgan fingerprint density at radius 2 is 1.48 bits per heavy atom. The fourth-order valence-corrected chi connectivity index (χ4v) is 1.86. The molecule has 0 unspecified atom stereocenters. The van der Waals surface area contributed by atoms with Gasteiger partial charge >= 0.3 is 5.97 Å². The molecule has 0 aliphatic rings. The molecule has 0 heterocycles. The third-order valence-corrected chi connectivity index (χ3v) is 3.31. The van der Waals surface area contributed by atoms with Crippen molar-refractivity contribution in [3.05, 3.63) is 72.9 Å². The van der Waals surface area contributed by atoms with Crippen LogP contribution in [0.2, 0.25) is 0 Å². The number of allylic oxidation sites excluding steroid dienone is 8. The zero-order valence-electron chi connectivity index (χ0n) is 15.8. The maximum absolute atomic E-state index is 11.7. The SMILES string of the molecule is CC/C=C\C[C@H](O)/C=C/C=C\C=C\C=C\C(=O)[C@@H](O)C/C=C\CCC(=O)O. The van der Waals surface area contributed by atoms with E-state index in [0.717, 1.165) is 6.42 Å². The highest BCUT2D eigenvalue weighted by Gasteiger charge is 2.08. The van der Waals surface area contributed by atoms with E-state index in [1.54, 1.807) is 48.6 Å². The smallest absolute Gasteiger partial charge is 0.303 e. The Kier molecular flexibility index (Phi) is 15.4. The fourth-order valence-electron chi connectivity index (χ4n) is 1.86. The summed E-state index contributed by atoms with van der Waals surface area (Å²) in [6.07, 6.45) is 20.9. The highest BCUT2D eigenvalue weighted by molar-refractivity contribution is 5.93. The number of carbonyl (C=O) groups excluding carboxylic acids is 1. The second kappa shape index (κ2) is 16.9. The third-order valence-electron chi connectivity index (χ3n) is 3.31. The second-order valence-electron chi connectivity index (χ2n) is 5.75. The molecule has 0 aromatic heterocycles. The van der Waals surface area contributed by atoms with Gasteiger partial charge in [-0.25, -0.2) is 0 Å². The van der Waals surface area contributed by atoms with Crippen molar-refractivity contribution < 1.29 is 24.9 Å². The van der Waals surface area contributed by atoms with Crippen LogP contribution in [0.1, 0.15) is 39.0 Å². The van der Waals surface area contributed by atoms with Crippen molar-refractivity contribution in [3.8, 4) is 0 Å². The molecule has 0 bridgehead atoms. The Hall–Kier alpha value is -2.50. The molecule has 27 heavy (non-hydrogen) atoms. The molecule has 0 fully saturated rings. The van der Waals surface area contributed by atoms with Crippen molar-refractivity contribution in [2.45, 2.75) is 51.2 Å². The van der Waals surface area contributed by atoms with Gasteiger partial charge in [-0.05, 0) is 31.8 Å². The molecule has 0 rings (SSSR count). The van der Waals surface area contributed by atoms with Gasteiger partial charge in [-0.15, -0.1) is 0 Å². The van der Waals surface area contributed by atoms with E-state index >= 15 is 0 Å². The molecule has 0 radical (unpaired) electrons. The van der Waals surface area contributed by atoms with Gasteiger partial charge in [0.25, 0.3) is 0 Å². The Bertz CT molecular complexity index is 594. The highest BCUT2D eigenvalue weighted by Crippen LogP contribution is 2.00. The minimum absolute atomic E-state index is 0.0306. The molecule has 0 aliphatic carbocycles. The van der Waals surface area contributed by atoms with E-state index in [9.17, 15) is 19.8 Å². The molecule has 0 saturated heterocycles. The zero-order chi connectivity index (χ0) is 20.3. The molecule has 0 saturated carbocycles. The lowest BCUT2D eigenvalue weighted by molar-refractivity contribution is -0.136. The summed E-state index contributed by atoms with van der Waals surface area (Å²) < 4.78 is 0. The molecular formula is C22H30O5. The van der Waals surface area contributed by atoms with Crippen molar-refractivity contribution in [2.75, 3.05) is 0 Å². The number of aliphatic carboxylic acids is 1. The molecule has 148 valence electrons. The van der Waals surface area contributed by atoms with E-state index in [2.05, 4.69) is 0 Å². The molecule has 0 aromatic rings. The van der Waals surface area contributed by atoms with E-state index in [0.29, 0.717) is 12.8 Å². The number of carbonyl (C=O) groups is 2. The summed E-state index contributed by atoms with van der Waals surface area (Å²) in [6, 6.07) is 0. The summed E-state index contributed by atoms with van der Waals surface area (Å²) in [4.78, 5) is 22.0. The van der Waals surface area contributed by atoms with Crippen molar-refractivity contribution in [1.82, 2.24) is 0 Å². The summed E-state index contributed by atoms with van der Waals surface area (Å²) in [5, 5.41) is 27.8. The molecule has 3 N–H and O–H groups in total. The molecule has 0 aromatic carbocycles. The van der Waals surface area contributed by atoms with Crippen LogP contribution in [0.4, 0.5) is 0 Å². The number of ketones is 1. The molecule has 0 amide bonds. The molecule has 0 aliphatic heterocycles. The number of carboxylic acid groups (broad SMARTS) is 1. The summed E-state index contributed by atoms with van der Waals surface area (Å²) >= 11 is 0. The Labute approximate surface area is 161 Å². The number of aliphatic hydroxyl groups is 2. The third kappa shape index (κ3) is 16.7. The van der Waals surface area contributed by atoms with Crippen LogP contribution in [-0.4, -0.2) is 39.3 Å². The number of hydrogen-bond donors (Lipinski definition) is 3. The number of rotatable bonds is 14. The lowest BCUT2D eigenvalue weighted by Gasteiger charge is -2.01. The average molecular weight is 374 g/mol. The fraction of sp³-hybridized carbons (Fsp3) is 0.364. The molecule has 5 heteroatoms. The predicted molar refractivity (Wildman–Crippen MR) is 108 cm³/mol. The summed E-state index contributed by atoms with van der Waals surface area (Å²) in [6.45, 7) is 2.04. The Balaban J connectivity index is 4.08. The molecule has 2 atom stereocenters. The van der Waals surface area contributed by atoms with Crippen LogP contribution >= 0.6 is 0 Å². The lowest BCUT2D eigenvalue weighted by Crippen LogP contribution is -2.16. The van der Waals surface area contributed by atoms with Crippen molar-refractivity contribution in [2.24, 2.45) is 0 Å². The van der Waals surface area contributed by atoms with E-state index in [1.807, 2.05) is 19.1 Å². The lowest BCUT2D eigenvalue weighted by atomic mass is 10.1. The van der Waals surface area contributed by atoms with Crippen LogP contribution in [0.25, 0.3) is 0 Å². The van der Waals surface area contributed by atoms with Gasteiger partial charge in [-0.3, -0.25) is 9.59 Å². The topological polar surface area (TPSA) is 94.8 Å². The second-order valence-corrected chi connectivity index (χ2v) is 5.75. The van der Waals surface area contributed by atoms with Crippen molar-refractivity contribution >= 4 is 11.8 Å². The van der Waals surface area contributed by atoms with Gasteiger partial charge in [-0.2, -0.15) is 0 Å². The quantitative estimate of drug-likeness (QED) is 0.245. The normalized spacial score (nSPS) is 15.2. The standard InChI is InChI=1S/C22H30O5/c1-2-3-9-14-19(23)15-10-6-4-5-7-11-16-20(24)21(25)17-12-8-13-18-22(26)27/h3-12,15-16,19,21,23,25H,2,13-14,17-18H2,1H3,(H,26,27)/b6-4-,7-5+,9-3-,12-8-,15-10+,16-11+/t19-,21-/m0/s1. The highest BCUT2D eigenvalue weighted by atomic mass is 16.4. The summed E-state index contributed by atoms with van der Waals surface area (Å²) in [5.41, 5.74) is 0. The van der Waals surface area contributed by atoms with Gasteiger partial charge < -0.3 is 15.3 Å². The van der Waals surface area contributed by atoms with Gasteiger partial charge in [0.2, 0.25) is 0 Å². The molecular weight excluding hydrogens is 344 g/mol. The molecule has 5 nitrogen and oxygen atoms in total. The van der Waals surface area contributed by atoms with Crippen LogP contribution in [0.15, 0.2) is 72.9 Å². The van der Waals surface area contributed by atoms with Crippen molar-refractivity contribution in [3.63, 3.8) is 0 Å². The largest absolute Gasteiger partial charge is 0.481 e. The van der Waals surface area contributed by atoms with E-state index in [1.165, 1.54) is 12.2 Å². The van der Waals surface area contributed by atoms with Gasteiger partial charge in [-0.1, -0.05) is 73.8 Å². The van der Waals surface area contributed by atoms with Gasteiger partial charge in [0.1, 0.15) is 6.10 Å². The number of carboxylic acids is 1. The first kappa shape index (κ1) is 24.5. The zero-order valence-corrected chi connectivity index (χ0v) is 15.8. The first-order valence-electron chi connectivity index (χ1n) is 9.07. The number of hydrogen-bond acceptors (Lipinski definition) is 4. The van der Waals surface area contributed by atoms with Crippen LogP contribution in [0, 0.1) is 0 Å². The number of aliphatic hydroxyl groups excluding tert-OH is 2. The van der Waals surface area contributed by atoms with E-state index in [4.69, 9.17) is 5.11 Å².